The Kier molecular flexibility index (Phi) is 6.32. The van der Waals surface area contributed by atoms with E-state index < -0.39 is 0 Å². The van der Waals surface area contributed by atoms with Gasteiger partial charge in [0.25, 0.3) is 0 Å². The van der Waals surface area contributed by atoms with E-state index in [4.69, 9.17) is 10.6 Å². The molecule has 1 atom stereocenters. The van der Waals surface area contributed by atoms with Crippen LogP contribution < -0.4 is 11.3 Å². The molecular formula is C13H28N2O. The summed E-state index contributed by atoms with van der Waals surface area (Å²) in [5, 5.41) is 0. The highest BCUT2D eigenvalue weighted by Crippen LogP contribution is 2.34. The topological polar surface area (TPSA) is 47.3 Å². The summed E-state index contributed by atoms with van der Waals surface area (Å²) in [5.41, 5.74) is 2.93. The van der Waals surface area contributed by atoms with Gasteiger partial charge in [0.05, 0.1) is 6.61 Å². The zero-order valence-electron chi connectivity index (χ0n) is 11.0. The van der Waals surface area contributed by atoms with Crippen LogP contribution in [0.2, 0.25) is 0 Å². The average Bonchev–Trinajstić information content (AvgIpc) is 2.30. The molecule has 0 bridgehead atoms. The highest BCUT2D eigenvalue weighted by molar-refractivity contribution is 4.81. The van der Waals surface area contributed by atoms with Gasteiger partial charge >= 0.3 is 0 Å². The smallest absolute Gasteiger partial charge is 0.0635 e. The fourth-order valence-electron chi connectivity index (χ4n) is 2.78. The number of hydrogen-bond acceptors (Lipinski definition) is 3. The third kappa shape index (κ3) is 4.04. The lowest BCUT2D eigenvalue weighted by Crippen LogP contribution is -2.45. The predicted octanol–water partition coefficient (Wildman–Crippen LogP) is 2.32. The van der Waals surface area contributed by atoms with Crippen molar-refractivity contribution in [3.8, 4) is 0 Å². The molecule has 3 N–H and O–H groups in total. The Morgan fingerprint density at radius 1 is 1.19 bits per heavy atom. The summed E-state index contributed by atoms with van der Waals surface area (Å²) >= 11 is 0. The maximum absolute atomic E-state index is 5.61. The lowest BCUT2D eigenvalue weighted by molar-refractivity contribution is 0.0838. The van der Waals surface area contributed by atoms with Crippen molar-refractivity contribution in [1.29, 1.82) is 0 Å². The van der Waals surface area contributed by atoms with Gasteiger partial charge in [-0.05, 0) is 50.4 Å². The van der Waals surface area contributed by atoms with Gasteiger partial charge in [0.1, 0.15) is 0 Å². The van der Waals surface area contributed by atoms with Crippen LogP contribution in [0.5, 0.6) is 0 Å². The molecule has 96 valence electrons. The van der Waals surface area contributed by atoms with Gasteiger partial charge < -0.3 is 4.74 Å². The molecule has 16 heavy (non-hydrogen) atoms. The molecule has 0 aromatic rings. The molecule has 0 amide bonds. The average molecular weight is 228 g/mol. The Morgan fingerprint density at radius 3 is 2.19 bits per heavy atom. The summed E-state index contributed by atoms with van der Waals surface area (Å²) in [5.74, 6) is 8.06. The fourth-order valence-corrected chi connectivity index (χ4v) is 2.78. The number of nitrogens with two attached hydrogens (primary N) is 1. The minimum absolute atomic E-state index is 0.341. The fraction of sp³-hybridized carbons (Fsp3) is 1.00. The van der Waals surface area contributed by atoms with E-state index in [1.807, 2.05) is 6.92 Å². The Bertz CT molecular complexity index is 177. The van der Waals surface area contributed by atoms with E-state index in [-0.39, 0.29) is 0 Å². The largest absolute Gasteiger partial charge is 0.380 e. The van der Waals surface area contributed by atoms with Crippen LogP contribution in [0.3, 0.4) is 0 Å². The van der Waals surface area contributed by atoms with Crippen molar-refractivity contribution in [1.82, 2.24) is 5.43 Å². The lowest BCUT2D eigenvalue weighted by Gasteiger charge is -2.35. The Hall–Kier alpha value is -0.120. The summed E-state index contributed by atoms with van der Waals surface area (Å²) < 4.78 is 5.47. The Morgan fingerprint density at radius 2 is 1.75 bits per heavy atom. The second-order valence-electron chi connectivity index (χ2n) is 5.35. The zero-order chi connectivity index (χ0) is 12.0. The monoisotopic (exact) mass is 228 g/mol. The molecule has 0 spiro atoms. The molecular weight excluding hydrogens is 200 g/mol. The van der Waals surface area contributed by atoms with E-state index in [1.165, 1.54) is 25.7 Å². The minimum atomic E-state index is 0.341. The van der Waals surface area contributed by atoms with Crippen molar-refractivity contribution < 1.29 is 4.74 Å². The highest BCUT2D eigenvalue weighted by Gasteiger charge is 2.28. The molecule has 1 saturated carbocycles. The first-order valence-corrected chi connectivity index (χ1v) is 6.72. The summed E-state index contributed by atoms with van der Waals surface area (Å²) in [6, 6.07) is 0.341. The van der Waals surface area contributed by atoms with Gasteiger partial charge in [0.15, 0.2) is 0 Å². The molecule has 0 aromatic heterocycles. The highest BCUT2D eigenvalue weighted by atomic mass is 16.5. The number of rotatable bonds is 6. The van der Waals surface area contributed by atoms with Crippen LogP contribution in [0, 0.1) is 17.8 Å². The first-order chi connectivity index (χ1) is 7.69. The molecule has 0 radical (unpaired) electrons. The molecule has 0 aromatic carbocycles. The van der Waals surface area contributed by atoms with Crippen LogP contribution >= 0.6 is 0 Å². The van der Waals surface area contributed by atoms with E-state index in [2.05, 4.69) is 19.3 Å². The molecule has 3 nitrogen and oxygen atoms in total. The van der Waals surface area contributed by atoms with Crippen molar-refractivity contribution in [3.63, 3.8) is 0 Å². The molecule has 1 unspecified atom stereocenters. The third-order valence-electron chi connectivity index (χ3n) is 4.04. The molecule has 1 fully saturated rings. The quantitative estimate of drug-likeness (QED) is 0.542. The van der Waals surface area contributed by atoms with E-state index in [9.17, 15) is 0 Å². The number of hydrazine groups is 1. The van der Waals surface area contributed by atoms with Gasteiger partial charge in [-0.1, -0.05) is 13.8 Å². The van der Waals surface area contributed by atoms with Crippen molar-refractivity contribution in [2.24, 2.45) is 23.6 Å². The lowest BCUT2D eigenvalue weighted by atomic mass is 9.75. The summed E-state index contributed by atoms with van der Waals surface area (Å²) in [4.78, 5) is 0. The van der Waals surface area contributed by atoms with Gasteiger partial charge in [-0.25, -0.2) is 0 Å². The van der Waals surface area contributed by atoms with Crippen molar-refractivity contribution in [3.05, 3.63) is 0 Å². The van der Waals surface area contributed by atoms with E-state index in [1.54, 1.807) is 0 Å². The van der Waals surface area contributed by atoms with Crippen LogP contribution in [0.4, 0.5) is 0 Å². The number of hydrogen-bond donors (Lipinski definition) is 2. The molecule has 1 rings (SSSR count). The van der Waals surface area contributed by atoms with E-state index in [0.717, 1.165) is 25.0 Å². The number of ether oxygens (including phenoxy) is 1. The molecule has 0 aliphatic heterocycles. The predicted molar refractivity (Wildman–Crippen MR) is 67.9 cm³/mol. The van der Waals surface area contributed by atoms with Crippen molar-refractivity contribution in [2.45, 2.75) is 52.5 Å². The first kappa shape index (κ1) is 13.9. The van der Waals surface area contributed by atoms with Gasteiger partial charge in [0, 0.05) is 12.6 Å². The van der Waals surface area contributed by atoms with Gasteiger partial charge in [-0.15, -0.1) is 0 Å². The molecule has 1 aliphatic carbocycles. The van der Waals surface area contributed by atoms with E-state index in [0.29, 0.717) is 12.0 Å². The molecule has 1 aliphatic rings. The summed E-state index contributed by atoms with van der Waals surface area (Å²) in [7, 11) is 0. The number of nitrogens with one attached hydrogen (secondary N) is 1. The van der Waals surface area contributed by atoms with Gasteiger partial charge in [0.2, 0.25) is 0 Å². The Balaban J connectivity index is 2.32. The second-order valence-corrected chi connectivity index (χ2v) is 5.35. The SMILES string of the molecule is CCOCC(NN)C1CCC(C(C)C)CC1. The Labute approximate surface area is 100 Å². The molecule has 3 heteroatoms. The normalized spacial score (nSPS) is 28.3. The molecule has 0 heterocycles. The van der Waals surface area contributed by atoms with Crippen LogP contribution in [0.15, 0.2) is 0 Å². The van der Waals surface area contributed by atoms with Crippen LogP contribution in [0.25, 0.3) is 0 Å². The minimum Gasteiger partial charge on any atom is -0.380 e. The van der Waals surface area contributed by atoms with E-state index >= 15 is 0 Å². The first-order valence-electron chi connectivity index (χ1n) is 6.72. The maximum atomic E-state index is 5.61. The van der Waals surface area contributed by atoms with Crippen molar-refractivity contribution >= 4 is 0 Å². The summed E-state index contributed by atoms with van der Waals surface area (Å²) in [6.45, 7) is 8.24. The third-order valence-corrected chi connectivity index (χ3v) is 4.04. The van der Waals surface area contributed by atoms with Crippen LogP contribution in [-0.2, 0) is 4.74 Å². The summed E-state index contributed by atoms with van der Waals surface area (Å²) in [6.07, 6.45) is 5.30. The van der Waals surface area contributed by atoms with Gasteiger partial charge in [-0.3, -0.25) is 11.3 Å². The second kappa shape index (κ2) is 7.25. The standard InChI is InChI=1S/C13H28N2O/c1-4-16-9-13(15-14)12-7-5-11(6-8-12)10(2)3/h10-13,15H,4-9,14H2,1-3H3. The molecule has 0 saturated heterocycles. The van der Waals surface area contributed by atoms with Crippen LogP contribution in [-0.4, -0.2) is 19.3 Å². The van der Waals surface area contributed by atoms with Crippen molar-refractivity contribution in [2.75, 3.05) is 13.2 Å². The maximum Gasteiger partial charge on any atom is 0.0635 e. The van der Waals surface area contributed by atoms with Crippen LogP contribution in [0.1, 0.15) is 46.5 Å². The van der Waals surface area contributed by atoms with Gasteiger partial charge in [-0.2, -0.15) is 0 Å². The zero-order valence-corrected chi connectivity index (χ0v) is 11.0.